The summed E-state index contributed by atoms with van der Waals surface area (Å²) in [6.07, 6.45) is -10.2. The number of hydrogen-bond acceptors (Lipinski definition) is 9. The van der Waals surface area contributed by atoms with Crippen LogP contribution in [0.25, 0.3) is 0 Å². The lowest BCUT2D eigenvalue weighted by Crippen LogP contribution is -2.57. The third-order valence-corrected chi connectivity index (χ3v) is 3.78. The molecule has 2 aliphatic heterocycles. The highest BCUT2D eigenvalue weighted by Gasteiger charge is 2.46. The largest absolute Gasteiger partial charge is 0.388 e. The standard InChI is InChI=1S/C12H22O9/c1-4-6(13)8(15)10(17)12(20-4)19-3-5-7(14)9(16)11(18-2)21-5/h4-17H,3H2,1-2H3/t4-,5+,6-,7+,8+,9+,10+,11+,12+/m0/s1. The summed E-state index contributed by atoms with van der Waals surface area (Å²) in [5.41, 5.74) is 0. The topological polar surface area (TPSA) is 138 Å². The van der Waals surface area contributed by atoms with Crippen molar-refractivity contribution in [2.24, 2.45) is 0 Å². The van der Waals surface area contributed by atoms with E-state index in [9.17, 15) is 25.5 Å². The number of ether oxygens (including phenoxy) is 4. The Hall–Kier alpha value is -0.360. The van der Waals surface area contributed by atoms with Crippen LogP contribution in [0.1, 0.15) is 6.92 Å². The molecule has 0 aromatic heterocycles. The molecule has 0 aromatic carbocycles. The minimum absolute atomic E-state index is 0.185. The van der Waals surface area contributed by atoms with Crippen LogP contribution in [-0.4, -0.2) is 94.6 Å². The normalized spacial score (nSPS) is 51.3. The molecule has 9 nitrogen and oxygen atoms in total. The molecule has 0 unspecified atom stereocenters. The molecule has 9 atom stereocenters. The Morgan fingerprint density at radius 3 is 2.00 bits per heavy atom. The maximum absolute atomic E-state index is 9.78. The molecule has 0 saturated carbocycles. The van der Waals surface area contributed by atoms with Gasteiger partial charge in [-0.1, -0.05) is 0 Å². The highest BCUT2D eigenvalue weighted by molar-refractivity contribution is 4.89. The van der Waals surface area contributed by atoms with Crippen molar-refractivity contribution in [1.82, 2.24) is 0 Å². The van der Waals surface area contributed by atoms with Gasteiger partial charge in [0.1, 0.15) is 36.6 Å². The average molecular weight is 310 g/mol. The van der Waals surface area contributed by atoms with Gasteiger partial charge in [-0.2, -0.15) is 0 Å². The molecule has 2 saturated heterocycles. The first-order valence-corrected chi connectivity index (χ1v) is 6.72. The van der Waals surface area contributed by atoms with Crippen LogP contribution >= 0.6 is 0 Å². The van der Waals surface area contributed by atoms with E-state index in [0.29, 0.717) is 0 Å². The van der Waals surface area contributed by atoms with Crippen LogP contribution in [0.2, 0.25) is 0 Å². The van der Waals surface area contributed by atoms with Crippen molar-refractivity contribution < 1.29 is 44.5 Å². The smallest absolute Gasteiger partial charge is 0.186 e. The van der Waals surface area contributed by atoms with Crippen molar-refractivity contribution in [2.75, 3.05) is 13.7 Å². The number of aliphatic hydroxyl groups excluding tert-OH is 5. The van der Waals surface area contributed by atoms with Gasteiger partial charge in [-0.05, 0) is 6.92 Å². The summed E-state index contributed by atoms with van der Waals surface area (Å²) < 4.78 is 20.6. The van der Waals surface area contributed by atoms with E-state index in [1.807, 2.05) is 0 Å². The molecule has 9 heteroatoms. The van der Waals surface area contributed by atoms with Gasteiger partial charge in [0.2, 0.25) is 0 Å². The first-order valence-electron chi connectivity index (χ1n) is 6.72. The molecule has 21 heavy (non-hydrogen) atoms. The Balaban J connectivity index is 1.88. The van der Waals surface area contributed by atoms with Crippen molar-refractivity contribution in [2.45, 2.75) is 62.2 Å². The molecular weight excluding hydrogens is 288 g/mol. The van der Waals surface area contributed by atoms with Crippen LogP contribution in [0, 0.1) is 0 Å². The molecular formula is C12H22O9. The highest BCUT2D eigenvalue weighted by Crippen LogP contribution is 2.25. The maximum atomic E-state index is 9.78. The molecule has 0 radical (unpaired) electrons. The second kappa shape index (κ2) is 6.82. The Morgan fingerprint density at radius 1 is 0.810 bits per heavy atom. The summed E-state index contributed by atoms with van der Waals surface area (Å²) in [6, 6.07) is 0. The minimum atomic E-state index is -1.43. The molecule has 0 aliphatic carbocycles. The SMILES string of the molecule is CO[C@@H]1O[C@H](CO[C@@H]2O[C@@H](C)[C@H](O)[C@@H](O)[C@H]2O)[C@@H](O)[C@H]1O. The van der Waals surface area contributed by atoms with Gasteiger partial charge >= 0.3 is 0 Å². The van der Waals surface area contributed by atoms with Crippen molar-refractivity contribution in [1.29, 1.82) is 0 Å². The zero-order chi connectivity index (χ0) is 15.7. The number of aliphatic hydroxyl groups is 5. The lowest BCUT2D eigenvalue weighted by Gasteiger charge is -2.39. The Labute approximate surface area is 121 Å². The van der Waals surface area contributed by atoms with Crippen molar-refractivity contribution in [3.8, 4) is 0 Å². The van der Waals surface area contributed by atoms with Gasteiger partial charge in [0.05, 0.1) is 12.7 Å². The van der Waals surface area contributed by atoms with Gasteiger partial charge < -0.3 is 44.5 Å². The van der Waals surface area contributed by atoms with E-state index in [-0.39, 0.29) is 6.61 Å². The fourth-order valence-electron chi connectivity index (χ4n) is 2.39. The molecule has 2 heterocycles. The predicted molar refractivity (Wildman–Crippen MR) is 66.0 cm³/mol. The summed E-state index contributed by atoms with van der Waals surface area (Å²) in [7, 11) is 1.33. The van der Waals surface area contributed by atoms with Crippen molar-refractivity contribution >= 4 is 0 Å². The van der Waals surface area contributed by atoms with Crippen LogP contribution in [0.5, 0.6) is 0 Å². The minimum Gasteiger partial charge on any atom is -0.388 e. The molecule has 0 bridgehead atoms. The first-order chi connectivity index (χ1) is 9.86. The monoisotopic (exact) mass is 310 g/mol. The van der Waals surface area contributed by atoms with E-state index >= 15 is 0 Å². The molecule has 2 rings (SSSR count). The molecule has 2 fully saturated rings. The van der Waals surface area contributed by atoms with Crippen LogP contribution in [-0.2, 0) is 18.9 Å². The number of rotatable bonds is 4. The summed E-state index contributed by atoms with van der Waals surface area (Å²) in [5, 5.41) is 48.4. The molecule has 2 aliphatic rings. The molecule has 124 valence electrons. The van der Waals surface area contributed by atoms with Crippen LogP contribution in [0.15, 0.2) is 0 Å². The van der Waals surface area contributed by atoms with Gasteiger partial charge in [-0.25, -0.2) is 0 Å². The van der Waals surface area contributed by atoms with E-state index in [4.69, 9.17) is 18.9 Å². The Bertz CT molecular complexity index is 341. The molecule has 0 spiro atoms. The van der Waals surface area contributed by atoms with Crippen molar-refractivity contribution in [3.05, 3.63) is 0 Å². The van der Waals surface area contributed by atoms with Crippen LogP contribution < -0.4 is 0 Å². The lowest BCUT2D eigenvalue weighted by molar-refractivity contribution is -0.299. The zero-order valence-corrected chi connectivity index (χ0v) is 11.8. The van der Waals surface area contributed by atoms with Gasteiger partial charge in [0.15, 0.2) is 12.6 Å². The van der Waals surface area contributed by atoms with E-state index in [2.05, 4.69) is 0 Å². The predicted octanol–water partition coefficient (Wildman–Crippen LogP) is -3.08. The highest BCUT2D eigenvalue weighted by atomic mass is 16.7. The Morgan fingerprint density at radius 2 is 1.43 bits per heavy atom. The fourth-order valence-corrected chi connectivity index (χ4v) is 2.39. The second-order valence-corrected chi connectivity index (χ2v) is 5.27. The van der Waals surface area contributed by atoms with Crippen LogP contribution in [0.3, 0.4) is 0 Å². The summed E-state index contributed by atoms with van der Waals surface area (Å²) in [6.45, 7) is 1.34. The Kier molecular flexibility index (Phi) is 5.52. The van der Waals surface area contributed by atoms with Gasteiger partial charge in [-0.3, -0.25) is 0 Å². The van der Waals surface area contributed by atoms with Gasteiger partial charge in [0.25, 0.3) is 0 Å². The molecule has 0 aromatic rings. The number of methoxy groups -OCH3 is 1. The number of hydrogen-bond donors (Lipinski definition) is 5. The average Bonchev–Trinajstić information content (AvgIpc) is 2.75. The van der Waals surface area contributed by atoms with E-state index in [0.717, 1.165) is 0 Å². The third kappa shape index (κ3) is 3.36. The molecule has 5 N–H and O–H groups in total. The van der Waals surface area contributed by atoms with Crippen molar-refractivity contribution in [3.63, 3.8) is 0 Å². The van der Waals surface area contributed by atoms with E-state index in [1.54, 1.807) is 0 Å². The summed E-state index contributed by atoms with van der Waals surface area (Å²) >= 11 is 0. The quantitative estimate of drug-likeness (QED) is 0.366. The van der Waals surface area contributed by atoms with E-state index in [1.165, 1.54) is 14.0 Å². The maximum Gasteiger partial charge on any atom is 0.186 e. The van der Waals surface area contributed by atoms with Gasteiger partial charge in [0, 0.05) is 7.11 Å². The summed E-state index contributed by atoms with van der Waals surface area (Å²) in [4.78, 5) is 0. The fraction of sp³-hybridized carbons (Fsp3) is 1.00. The first kappa shape index (κ1) is 17.0. The zero-order valence-electron chi connectivity index (χ0n) is 11.8. The van der Waals surface area contributed by atoms with Gasteiger partial charge in [-0.15, -0.1) is 0 Å². The second-order valence-electron chi connectivity index (χ2n) is 5.27. The lowest BCUT2D eigenvalue weighted by atomic mass is 10.00. The summed E-state index contributed by atoms with van der Waals surface area (Å²) in [5.74, 6) is 0. The van der Waals surface area contributed by atoms with Crippen LogP contribution in [0.4, 0.5) is 0 Å². The van der Waals surface area contributed by atoms with E-state index < -0.39 is 55.3 Å². The third-order valence-electron chi connectivity index (χ3n) is 3.78. The molecule has 0 amide bonds.